The second-order valence-electron chi connectivity index (χ2n) is 3.67. The van der Waals surface area contributed by atoms with Crippen LogP contribution in [0.15, 0.2) is 48.5 Å². The molecule has 88 valence electrons. The second-order valence-corrected chi connectivity index (χ2v) is 3.67. The minimum atomic E-state index is -0.362. The summed E-state index contributed by atoms with van der Waals surface area (Å²) in [6.45, 7) is 0. The Kier molecular flexibility index (Phi) is 2.57. The summed E-state index contributed by atoms with van der Waals surface area (Å²) in [5.74, 6) is 0.325. The molecule has 4 nitrogen and oxygen atoms in total. The van der Waals surface area contributed by atoms with Crippen LogP contribution in [0, 0.1) is 5.82 Å². The quantitative estimate of drug-likeness (QED) is 0.692. The van der Waals surface area contributed by atoms with E-state index in [1.807, 2.05) is 24.3 Å². The lowest BCUT2D eigenvalue weighted by Crippen LogP contribution is -1.95. The van der Waals surface area contributed by atoms with Crippen LogP contribution < -0.4 is 4.74 Å². The largest absolute Gasteiger partial charge is 0.437 e. The molecule has 0 fully saturated rings. The number of ether oxygens (including phenoxy) is 1. The van der Waals surface area contributed by atoms with Gasteiger partial charge in [-0.2, -0.15) is 0 Å². The van der Waals surface area contributed by atoms with Gasteiger partial charge in [-0.25, -0.2) is 4.39 Å². The fraction of sp³-hybridized carbons (Fsp3) is 0. The van der Waals surface area contributed by atoms with Crippen molar-refractivity contribution < 1.29 is 9.13 Å². The van der Waals surface area contributed by atoms with Gasteiger partial charge in [0.25, 0.3) is 0 Å². The molecule has 3 rings (SSSR count). The molecule has 1 aromatic heterocycles. The van der Waals surface area contributed by atoms with Gasteiger partial charge in [-0.3, -0.25) is 0 Å². The number of benzene rings is 2. The van der Waals surface area contributed by atoms with Crippen molar-refractivity contribution in [1.82, 2.24) is 15.4 Å². The standard InChI is InChI=1S/C13H8FN3O/c14-9-4-3-5-10(8-9)18-13-11-6-1-2-7-12(11)15-17-16-13/h1-8H. The Bertz CT molecular complexity index is 697. The van der Waals surface area contributed by atoms with E-state index in [0.717, 1.165) is 5.39 Å². The number of rotatable bonds is 2. The molecule has 3 aromatic rings. The van der Waals surface area contributed by atoms with Crippen LogP contribution in [-0.2, 0) is 0 Å². The van der Waals surface area contributed by atoms with Gasteiger partial charge >= 0.3 is 0 Å². The zero-order chi connectivity index (χ0) is 12.4. The third kappa shape index (κ3) is 1.98. The van der Waals surface area contributed by atoms with Gasteiger partial charge in [0.1, 0.15) is 17.1 Å². The minimum Gasteiger partial charge on any atom is -0.437 e. The monoisotopic (exact) mass is 241 g/mol. The molecule has 0 saturated carbocycles. The Morgan fingerprint density at radius 1 is 0.944 bits per heavy atom. The number of fused-ring (bicyclic) bond motifs is 1. The molecule has 0 bridgehead atoms. The minimum absolute atomic E-state index is 0.311. The lowest BCUT2D eigenvalue weighted by molar-refractivity contribution is 0.454. The highest BCUT2D eigenvalue weighted by Gasteiger charge is 2.06. The molecule has 0 spiro atoms. The molecular weight excluding hydrogens is 233 g/mol. The average Bonchev–Trinajstić information content (AvgIpc) is 2.39. The van der Waals surface area contributed by atoms with Gasteiger partial charge < -0.3 is 4.74 Å². The molecule has 18 heavy (non-hydrogen) atoms. The number of aromatic nitrogens is 3. The maximum atomic E-state index is 13.1. The van der Waals surface area contributed by atoms with Crippen molar-refractivity contribution in [2.75, 3.05) is 0 Å². The molecular formula is C13H8FN3O. The summed E-state index contributed by atoms with van der Waals surface area (Å²) in [7, 11) is 0. The van der Waals surface area contributed by atoms with E-state index < -0.39 is 0 Å². The van der Waals surface area contributed by atoms with Crippen molar-refractivity contribution in [3.8, 4) is 11.6 Å². The summed E-state index contributed by atoms with van der Waals surface area (Å²) in [6, 6.07) is 13.2. The Labute approximate surface area is 102 Å². The molecule has 1 heterocycles. The first-order chi connectivity index (χ1) is 8.83. The second kappa shape index (κ2) is 4.37. The van der Waals surface area contributed by atoms with E-state index in [-0.39, 0.29) is 5.82 Å². The summed E-state index contributed by atoms with van der Waals surface area (Å²) >= 11 is 0. The van der Waals surface area contributed by atoms with Gasteiger partial charge in [-0.05, 0) is 29.5 Å². The van der Waals surface area contributed by atoms with E-state index in [4.69, 9.17) is 4.74 Å². The summed E-state index contributed by atoms with van der Waals surface area (Å²) < 4.78 is 18.6. The first kappa shape index (κ1) is 10.6. The van der Waals surface area contributed by atoms with Crippen LogP contribution in [0.1, 0.15) is 0 Å². The number of nitrogens with zero attached hydrogens (tertiary/aromatic N) is 3. The predicted molar refractivity (Wildman–Crippen MR) is 63.8 cm³/mol. The number of hydrogen-bond donors (Lipinski definition) is 0. The average molecular weight is 241 g/mol. The summed E-state index contributed by atoms with van der Waals surface area (Å²) in [5.41, 5.74) is 0.680. The van der Waals surface area contributed by atoms with Gasteiger partial charge in [-0.15, -0.1) is 5.10 Å². The Balaban J connectivity index is 2.05. The van der Waals surface area contributed by atoms with E-state index in [1.54, 1.807) is 12.1 Å². The lowest BCUT2D eigenvalue weighted by atomic mass is 10.2. The topological polar surface area (TPSA) is 47.9 Å². The molecule has 0 radical (unpaired) electrons. The molecule has 0 amide bonds. The first-order valence-electron chi connectivity index (χ1n) is 5.34. The van der Waals surface area contributed by atoms with Gasteiger partial charge in [0.15, 0.2) is 0 Å². The van der Waals surface area contributed by atoms with Crippen molar-refractivity contribution in [3.63, 3.8) is 0 Å². The van der Waals surface area contributed by atoms with E-state index >= 15 is 0 Å². The van der Waals surface area contributed by atoms with Crippen molar-refractivity contribution in [2.24, 2.45) is 0 Å². The Morgan fingerprint density at radius 3 is 2.72 bits per heavy atom. The summed E-state index contributed by atoms with van der Waals surface area (Å²) in [4.78, 5) is 0. The SMILES string of the molecule is Fc1cccc(Oc2nnnc3ccccc23)c1. The molecule has 0 saturated heterocycles. The zero-order valence-corrected chi connectivity index (χ0v) is 9.25. The third-order valence-corrected chi connectivity index (χ3v) is 2.43. The fourth-order valence-corrected chi connectivity index (χ4v) is 1.62. The van der Waals surface area contributed by atoms with Crippen LogP contribution in [-0.4, -0.2) is 15.4 Å². The maximum absolute atomic E-state index is 13.1. The fourth-order valence-electron chi connectivity index (χ4n) is 1.62. The lowest BCUT2D eigenvalue weighted by Gasteiger charge is -2.05. The summed E-state index contributed by atoms with van der Waals surface area (Å²) in [6.07, 6.45) is 0. The van der Waals surface area contributed by atoms with Crippen LogP contribution >= 0.6 is 0 Å². The van der Waals surface area contributed by atoms with Crippen LogP contribution in [0.5, 0.6) is 11.6 Å². The molecule has 5 heteroatoms. The van der Waals surface area contributed by atoms with Gasteiger partial charge in [0, 0.05) is 6.07 Å². The molecule has 0 N–H and O–H groups in total. The van der Waals surface area contributed by atoms with Crippen molar-refractivity contribution in [2.45, 2.75) is 0 Å². The predicted octanol–water partition coefficient (Wildman–Crippen LogP) is 2.96. The molecule has 0 unspecified atom stereocenters. The number of halogens is 1. The van der Waals surface area contributed by atoms with E-state index in [2.05, 4.69) is 15.4 Å². The highest BCUT2D eigenvalue weighted by molar-refractivity contribution is 5.82. The first-order valence-corrected chi connectivity index (χ1v) is 5.34. The Hall–Kier alpha value is -2.56. The molecule has 0 aliphatic carbocycles. The molecule has 0 aliphatic heterocycles. The van der Waals surface area contributed by atoms with Crippen LogP contribution in [0.25, 0.3) is 10.9 Å². The highest BCUT2D eigenvalue weighted by atomic mass is 19.1. The van der Waals surface area contributed by atoms with Crippen molar-refractivity contribution in [1.29, 1.82) is 0 Å². The molecule has 0 aliphatic rings. The van der Waals surface area contributed by atoms with Gasteiger partial charge in [-0.1, -0.05) is 23.3 Å². The van der Waals surface area contributed by atoms with Crippen LogP contribution in [0.4, 0.5) is 4.39 Å². The highest BCUT2D eigenvalue weighted by Crippen LogP contribution is 2.25. The Morgan fingerprint density at radius 2 is 1.83 bits per heavy atom. The molecule has 2 aromatic carbocycles. The van der Waals surface area contributed by atoms with Crippen LogP contribution in [0.2, 0.25) is 0 Å². The van der Waals surface area contributed by atoms with E-state index in [1.165, 1.54) is 12.1 Å². The zero-order valence-electron chi connectivity index (χ0n) is 9.25. The maximum Gasteiger partial charge on any atom is 0.250 e. The smallest absolute Gasteiger partial charge is 0.250 e. The van der Waals surface area contributed by atoms with Crippen molar-refractivity contribution in [3.05, 3.63) is 54.3 Å². The van der Waals surface area contributed by atoms with E-state index in [9.17, 15) is 4.39 Å². The summed E-state index contributed by atoms with van der Waals surface area (Å²) in [5, 5.41) is 12.1. The van der Waals surface area contributed by atoms with E-state index in [0.29, 0.717) is 17.1 Å². The van der Waals surface area contributed by atoms with Gasteiger partial charge in [0.05, 0.1) is 5.39 Å². The van der Waals surface area contributed by atoms with Crippen LogP contribution in [0.3, 0.4) is 0 Å². The van der Waals surface area contributed by atoms with Gasteiger partial charge in [0.2, 0.25) is 5.88 Å². The number of hydrogen-bond acceptors (Lipinski definition) is 4. The van der Waals surface area contributed by atoms with Crippen molar-refractivity contribution >= 4 is 10.9 Å². The molecule has 0 atom stereocenters. The third-order valence-electron chi connectivity index (χ3n) is 2.43. The normalized spacial score (nSPS) is 10.5.